The molecule has 0 heterocycles. The van der Waals surface area contributed by atoms with Crippen molar-refractivity contribution in [2.24, 2.45) is 64.3 Å². The van der Waals surface area contributed by atoms with Gasteiger partial charge in [-0.3, -0.25) is 4.79 Å². The lowest BCUT2D eigenvalue weighted by molar-refractivity contribution is -0.122. The van der Waals surface area contributed by atoms with Crippen LogP contribution in [0.5, 0.6) is 0 Å². The van der Waals surface area contributed by atoms with E-state index in [0.29, 0.717) is 59.0 Å². The van der Waals surface area contributed by atoms with Gasteiger partial charge in [0.1, 0.15) is 5.78 Å². The summed E-state index contributed by atoms with van der Waals surface area (Å²) in [4.78, 5) is 15.5. The number of nitrogens with zero attached hydrogens (tertiary/aromatic N) is 1. The minimum atomic E-state index is -3.64. The maximum atomic E-state index is 12.7. The smallest absolute Gasteiger partial charge is 0.276 e. The molecule has 6 aliphatic carbocycles. The predicted molar refractivity (Wildman–Crippen MR) is 102 cm³/mol. The minimum absolute atomic E-state index is 0.242. The first-order chi connectivity index (χ1) is 13.6. The van der Waals surface area contributed by atoms with Crippen molar-refractivity contribution in [3.05, 3.63) is 42.5 Å². The number of rotatable bonds is 3. The zero-order valence-corrected chi connectivity index (χ0v) is 16.1. The summed E-state index contributed by atoms with van der Waals surface area (Å²) in [6, 6.07) is 8.42. The van der Waals surface area contributed by atoms with Crippen LogP contribution in [0.3, 0.4) is 0 Å². The Hall–Kier alpha value is -1.95. The molecule has 5 fully saturated rings. The number of ketones is 1. The van der Waals surface area contributed by atoms with Crippen LogP contribution in [0.2, 0.25) is 0 Å². The Bertz CT molecular complexity index is 1060. The third-order valence-electron chi connectivity index (χ3n) is 8.98. The van der Waals surface area contributed by atoms with Crippen LogP contribution in [0.1, 0.15) is 12.8 Å². The Balaban J connectivity index is 1.26. The molecule has 0 aliphatic heterocycles. The summed E-state index contributed by atoms with van der Waals surface area (Å²) >= 11 is 0. The van der Waals surface area contributed by atoms with Gasteiger partial charge in [-0.1, -0.05) is 30.4 Å². The van der Waals surface area contributed by atoms with E-state index in [1.54, 1.807) is 30.3 Å². The lowest BCUT2D eigenvalue weighted by Crippen LogP contribution is -2.26. The molecule has 28 heavy (non-hydrogen) atoms. The van der Waals surface area contributed by atoms with Crippen LogP contribution in [0.4, 0.5) is 0 Å². The summed E-state index contributed by atoms with van der Waals surface area (Å²) in [5.74, 6) is 5.50. The van der Waals surface area contributed by atoms with Crippen molar-refractivity contribution in [2.45, 2.75) is 17.7 Å². The van der Waals surface area contributed by atoms with Gasteiger partial charge in [0.2, 0.25) is 0 Å². The molecule has 0 aromatic heterocycles. The van der Waals surface area contributed by atoms with E-state index in [-0.39, 0.29) is 10.8 Å². The zero-order chi connectivity index (χ0) is 18.8. The summed E-state index contributed by atoms with van der Waals surface area (Å²) in [5, 5.41) is 4.49. The number of carbonyl (C=O) groups excluding carboxylic acids is 1. The molecule has 6 heteroatoms. The lowest BCUT2D eigenvalue weighted by atomic mass is 9.83. The van der Waals surface area contributed by atoms with Gasteiger partial charge in [0.05, 0.1) is 4.90 Å². The predicted octanol–water partition coefficient (Wildman–Crippen LogP) is 2.47. The first kappa shape index (κ1) is 15.9. The number of allylic oxidation sites excluding steroid dienone is 2. The summed E-state index contributed by atoms with van der Waals surface area (Å²) in [6.45, 7) is 0. The monoisotopic (exact) mass is 394 g/mol. The van der Waals surface area contributed by atoms with E-state index < -0.39 is 10.0 Å². The normalized spacial score (nSPS) is 50.1. The molecule has 5 saturated carbocycles. The summed E-state index contributed by atoms with van der Waals surface area (Å²) in [7, 11) is -3.64. The lowest BCUT2D eigenvalue weighted by Gasteiger charge is -2.21. The van der Waals surface area contributed by atoms with E-state index >= 15 is 0 Å². The van der Waals surface area contributed by atoms with Gasteiger partial charge in [-0.2, -0.15) is 13.5 Å². The Morgan fingerprint density at radius 1 is 0.857 bits per heavy atom. The van der Waals surface area contributed by atoms with Gasteiger partial charge in [-0.25, -0.2) is 4.83 Å². The van der Waals surface area contributed by atoms with E-state index in [2.05, 4.69) is 22.1 Å². The van der Waals surface area contributed by atoms with Crippen molar-refractivity contribution in [1.82, 2.24) is 4.83 Å². The Kier molecular flexibility index (Phi) is 2.82. The fourth-order valence-electron chi connectivity index (χ4n) is 8.52. The Morgan fingerprint density at radius 2 is 1.54 bits per heavy atom. The molecule has 0 radical (unpaired) electrons. The fraction of sp³-hybridized carbons (Fsp3) is 0.545. The van der Waals surface area contributed by atoms with Gasteiger partial charge in [0.25, 0.3) is 10.0 Å². The first-order valence-electron chi connectivity index (χ1n) is 10.4. The van der Waals surface area contributed by atoms with Crippen molar-refractivity contribution in [3.63, 3.8) is 0 Å². The molecule has 7 rings (SSSR count). The molecular formula is C22H22N2O3S. The number of benzene rings is 1. The van der Waals surface area contributed by atoms with Crippen molar-refractivity contribution >= 4 is 21.5 Å². The second-order valence-corrected chi connectivity index (χ2v) is 11.3. The molecule has 5 nitrogen and oxygen atoms in total. The zero-order valence-electron chi connectivity index (χ0n) is 15.3. The van der Waals surface area contributed by atoms with Gasteiger partial charge >= 0.3 is 0 Å². The van der Waals surface area contributed by atoms with E-state index in [1.165, 1.54) is 0 Å². The van der Waals surface area contributed by atoms with E-state index in [9.17, 15) is 13.2 Å². The molecule has 0 bridgehead atoms. The molecule has 0 spiro atoms. The van der Waals surface area contributed by atoms with Gasteiger partial charge in [-0.05, 0) is 65.9 Å². The number of nitrogens with one attached hydrogen (secondary N) is 1. The number of hydrogen-bond donors (Lipinski definition) is 1. The van der Waals surface area contributed by atoms with Gasteiger partial charge in [0.15, 0.2) is 0 Å². The van der Waals surface area contributed by atoms with Crippen LogP contribution in [0, 0.1) is 59.2 Å². The number of Topliss-reactive ketones (excluding diaryl/α,β-unsaturated/α-hetero) is 1. The second-order valence-electron chi connectivity index (χ2n) is 9.61. The van der Waals surface area contributed by atoms with Crippen molar-refractivity contribution < 1.29 is 13.2 Å². The summed E-state index contributed by atoms with van der Waals surface area (Å²) in [5.41, 5.74) is 1.02. The van der Waals surface area contributed by atoms with E-state index in [4.69, 9.17) is 0 Å². The molecule has 1 aromatic carbocycles. The number of hydrazone groups is 1. The molecule has 1 aromatic rings. The molecule has 144 valence electrons. The Morgan fingerprint density at radius 3 is 2.32 bits per heavy atom. The molecule has 0 amide bonds. The average Bonchev–Trinajstić information content (AvgIpc) is 3.45. The van der Waals surface area contributed by atoms with E-state index in [1.807, 2.05) is 0 Å². The van der Waals surface area contributed by atoms with Crippen LogP contribution in [-0.2, 0) is 14.8 Å². The maximum absolute atomic E-state index is 12.7. The fourth-order valence-corrected chi connectivity index (χ4v) is 9.38. The average molecular weight is 394 g/mol. The number of hydrogen-bond acceptors (Lipinski definition) is 4. The van der Waals surface area contributed by atoms with Crippen LogP contribution >= 0.6 is 0 Å². The standard InChI is InChI=1S/C22H22N2O3S/c25-16-9-14-13-8-15(23-24-28(26,27)10-4-2-1-3-5-10)18-11-6-7-12-17(11)22(20(13)18)21(14)19(12)16/h1-7,11-14,17-22,24H,8-9H2/b23-15-/t11-,12+,13+,14-,17+,18+,19+,20+,21-,22-/m1/s1. The van der Waals surface area contributed by atoms with Crippen LogP contribution in [-0.4, -0.2) is 19.9 Å². The first-order valence-corrected chi connectivity index (χ1v) is 11.9. The van der Waals surface area contributed by atoms with Crippen LogP contribution in [0.15, 0.2) is 52.5 Å². The molecule has 0 saturated heterocycles. The van der Waals surface area contributed by atoms with Crippen LogP contribution < -0.4 is 4.83 Å². The highest BCUT2D eigenvalue weighted by Gasteiger charge is 2.76. The third kappa shape index (κ3) is 1.69. The summed E-state index contributed by atoms with van der Waals surface area (Å²) < 4.78 is 25.2. The van der Waals surface area contributed by atoms with Gasteiger partial charge < -0.3 is 0 Å². The largest absolute Gasteiger partial charge is 0.299 e. The highest BCUT2D eigenvalue weighted by Crippen LogP contribution is 2.77. The van der Waals surface area contributed by atoms with E-state index in [0.717, 1.165) is 18.6 Å². The number of carbonyl (C=O) groups is 1. The van der Waals surface area contributed by atoms with Crippen LogP contribution in [0.25, 0.3) is 0 Å². The Labute approximate surface area is 164 Å². The molecule has 10 atom stereocenters. The second kappa shape index (κ2) is 4.96. The van der Waals surface area contributed by atoms with Crippen molar-refractivity contribution in [3.8, 4) is 0 Å². The minimum Gasteiger partial charge on any atom is -0.299 e. The third-order valence-corrected chi connectivity index (χ3v) is 10.2. The SMILES string of the molecule is O=C1C[C@@H]2[C@@H]3C/C(=N/NS(=O)(=O)c4ccccc4)[C@@H]4[C@@H]5C=C[C@@H]6[C@@H]1[C@@H]2[C@H]([C@H]65)[C@@H]34. The molecule has 0 unspecified atom stereocenters. The topological polar surface area (TPSA) is 75.6 Å². The molecule has 6 aliphatic rings. The van der Waals surface area contributed by atoms with Crippen molar-refractivity contribution in [1.29, 1.82) is 0 Å². The van der Waals surface area contributed by atoms with Crippen molar-refractivity contribution in [2.75, 3.05) is 0 Å². The number of fused-ring (bicyclic) bond motifs is 3. The van der Waals surface area contributed by atoms with Gasteiger partial charge in [0, 0.05) is 24.0 Å². The molecule has 1 N–H and O–H groups in total. The number of sulfonamides is 1. The highest BCUT2D eigenvalue weighted by atomic mass is 32.2. The maximum Gasteiger partial charge on any atom is 0.276 e. The van der Waals surface area contributed by atoms with Gasteiger partial charge in [-0.15, -0.1) is 0 Å². The molecular weight excluding hydrogens is 372 g/mol. The summed E-state index contributed by atoms with van der Waals surface area (Å²) in [6.07, 6.45) is 6.24. The quantitative estimate of drug-likeness (QED) is 0.632. The highest BCUT2D eigenvalue weighted by molar-refractivity contribution is 7.89.